The van der Waals surface area contributed by atoms with Gasteiger partial charge in [-0.15, -0.1) is 0 Å². The van der Waals surface area contributed by atoms with Crippen LogP contribution in [-0.2, 0) is 9.59 Å². The number of amides is 3. The molecule has 7 nitrogen and oxygen atoms in total. The number of hydrogen-bond donors (Lipinski definition) is 2. The van der Waals surface area contributed by atoms with E-state index in [0.717, 1.165) is 0 Å². The summed E-state index contributed by atoms with van der Waals surface area (Å²) in [5.74, 6) is -1.76. The Labute approximate surface area is 84.3 Å². The van der Waals surface area contributed by atoms with Crippen LogP contribution in [0.5, 0.6) is 0 Å². The van der Waals surface area contributed by atoms with Gasteiger partial charge in [0.15, 0.2) is 5.82 Å². The average molecular weight is 208 g/mol. The Balaban J connectivity index is 2.33. The van der Waals surface area contributed by atoms with Gasteiger partial charge in [-0.1, -0.05) is 0 Å². The van der Waals surface area contributed by atoms with Gasteiger partial charge in [-0.2, -0.15) is 0 Å². The Bertz CT molecular complexity index is 434. The molecule has 3 N–H and O–H groups in total. The number of nitrogens with one attached hydrogen (secondary N) is 1. The van der Waals surface area contributed by atoms with Gasteiger partial charge in [0.2, 0.25) is 11.8 Å². The third kappa shape index (κ3) is 1.37. The van der Waals surface area contributed by atoms with E-state index < -0.39 is 17.7 Å². The standard InChI is InChI=1S/C8H8N4O3/c9-7-6(10-3-11-7)8(15)12-4(13)1-2-5(12)14/h3H,1-2,9H2,(H,10,11). The molecule has 0 bridgehead atoms. The first-order chi connectivity index (χ1) is 7.11. The molecule has 1 aromatic rings. The molecule has 0 unspecified atom stereocenters. The maximum atomic E-state index is 11.7. The van der Waals surface area contributed by atoms with Crippen molar-refractivity contribution in [2.24, 2.45) is 0 Å². The minimum absolute atomic E-state index is 0.0208. The Morgan fingerprint density at radius 2 is 2.00 bits per heavy atom. The van der Waals surface area contributed by atoms with E-state index in [1.807, 2.05) is 0 Å². The third-order valence-electron chi connectivity index (χ3n) is 2.14. The van der Waals surface area contributed by atoms with E-state index in [-0.39, 0.29) is 24.4 Å². The Hall–Kier alpha value is -2.18. The molecule has 0 aromatic carbocycles. The minimum Gasteiger partial charge on any atom is -0.382 e. The van der Waals surface area contributed by atoms with Gasteiger partial charge in [0, 0.05) is 12.8 Å². The number of rotatable bonds is 1. The van der Waals surface area contributed by atoms with E-state index in [2.05, 4.69) is 9.97 Å². The van der Waals surface area contributed by atoms with Gasteiger partial charge in [0.05, 0.1) is 6.33 Å². The molecule has 15 heavy (non-hydrogen) atoms. The zero-order valence-electron chi connectivity index (χ0n) is 7.69. The normalized spacial score (nSPS) is 16.1. The summed E-state index contributed by atoms with van der Waals surface area (Å²) >= 11 is 0. The van der Waals surface area contributed by atoms with E-state index in [4.69, 9.17) is 5.73 Å². The molecule has 2 heterocycles. The second kappa shape index (κ2) is 3.19. The van der Waals surface area contributed by atoms with E-state index in [0.29, 0.717) is 4.90 Å². The van der Waals surface area contributed by atoms with Crippen molar-refractivity contribution < 1.29 is 14.4 Å². The predicted octanol–water partition coefficient (Wildman–Crippen LogP) is -0.719. The van der Waals surface area contributed by atoms with E-state index in [9.17, 15) is 14.4 Å². The summed E-state index contributed by atoms with van der Waals surface area (Å²) < 4.78 is 0. The number of nitrogen functional groups attached to an aromatic ring is 1. The van der Waals surface area contributed by atoms with E-state index in [1.54, 1.807) is 0 Å². The number of H-pyrrole nitrogens is 1. The largest absolute Gasteiger partial charge is 0.382 e. The lowest BCUT2D eigenvalue weighted by Gasteiger charge is -2.10. The van der Waals surface area contributed by atoms with Crippen LogP contribution < -0.4 is 5.73 Å². The smallest absolute Gasteiger partial charge is 0.287 e. The van der Waals surface area contributed by atoms with Crippen LogP contribution in [0.4, 0.5) is 5.82 Å². The summed E-state index contributed by atoms with van der Waals surface area (Å²) in [4.78, 5) is 40.9. The van der Waals surface area contributed by atoms with Gasteiger partial charge in [0.25, 0.3) is 5.91 Å². The number of nitrogens with zero attached hydrogens (tertiary/aromatic N) is 2. The number of nitrogens with two attached hydrogens (primary N) is 1. The maximum absolute atomic E-state index is 11.7. The van der Waals surface area contributed by atoms with Crippen LogP contribution in [-0.4, -0.2) is 32.6 Å². The lowest BCUT2D eigenvalue weighted by Crippen LogP contribution is -2.36. The first kappa shape index (κ1) is 9.38. The third-order valence-corrected chi connectivity index (χ3v) is 2.14. The van der Waals surface area contributed by atoms with Crippen LogP contribution in [0.1, 0.15) is 23.3 Å². The number of anilines is 1. The molecule has 1 saturated heterocycles. The summed E-state index contributed by atoms with van der Waals surface area (Å²) in [6.07, 6.45) is 1.37. The zero-order chi connectivity index (χ0) is 11.0. The quantitative estimate of drug-likeness (QED) is 0.592. The fourth-order valence-corrected chi connectivity index (χ4v) is 1.39. The number of aromatic amines is 1. The summed E-state index contributed by atoms with van der Waals surface area (Å²) in [5, 5.41) is 0. The van der Waals surface area contributed by atoms with Gasteiger partial charge >= 0.3 is 0 Å². The number of imidazole rings is 1. The number of imide groups is 3. The molecule has 78 valence electrons. The SMILES string of the molecule is Nc1nc[nH]c1C(=O)N1C(=O)CCC1=O. The van der Waals surface area contributed by atoms with Gasteiger partial charge in [-0.25, -0.2) is 9.88 Å². The predicted molar refractivity (Wildman–Crippen MR) is 48.4 cm³/mol. The van der Waals surface area contributed by atoms with E-state index >= 15 is 0 Å². The molecule has 0 spiro atoms. The minimum atomic E-state index is -0.738. The van der Waals surface area contributed by atoms with Crippen molar-refractivity contribution in [3.8, 4) is 0 Å². The molecule has 2 rings (SSSR count). The highest BCUT2D eigenvalue weighted by atomic mass is 16.2. The number of carbonyl (C=O) groups excluding carboxylic acids is 3. The van der Waals surface area contributed by atoms with Crippen LogP contribution in [0, 0.1) is 0 Å². The van der Waals surface area contributed by atoms with Crippen molar-refractivity contribution in [2.45, 2.75) is 12.8 Å². The molecule has 3 amide bonds. The fourth-order valence-electron chi connectivity index (χ4n) is 1.39. The number of carbonyl (C=O) groups is 3. The fraction of sp³-hybridized carbons (Fsp3) is 0.250. The maximum Gasteiger partial charge on any atom is 0.287 e. The molecular weight excluding hydrogens is 200 g/mol. The summed E-state index contributed by atoms with van der Waals surface area (Å²) in [6.45, 7) is 0. The summed E-state index contributed by atoms with van der Waals surface area (Å²) in [7, 11) is 0. The Morgan fingerprint density at radius 1 is 1.40 bits per heavy atom. The second-order valence-corrected chi connectivity index (χ2v) is 3.09. The lowest BCUT2D eigenvalue weighted by molar-refractivity contribution is -0.135. The Kier molecular flexibility index (Phi) is 2.00. The second-order valence-electron chi connectivity index (χ2n) is 3.09. The van der Waals surface area contributed by atoms with Crippen LogP contribution in [0.25, 0.3) is 0 Å². The van der Waals surface area contributed by atoms with Gasteiger partial charge in [-0.3, -0.25) is 14.4 Å². The molecule has 1 aliphatic rings. The summed E-state index contributed by atoms with van der Waals surface area (Å²) in [5.41, 5.74) is 5.36. The van der Waals surface area contributed by atoms with Crippen LogP contribution in [0.2, 0.25) is 0 Å². The number of aromatic nitrogens is 2. The van der Waals surface area contributed by atoms with E-state index in [1.165, 1.54) is 6.33 Å². The van der Waals surface area contributed by atoms with Crippen LogP contribution >= 0.6 is 0 Å². The van der Waals surface area contributed by atoms with Gasteiger partial charge < -0.3 is 10.7 Å². The lowest BCUT2D eigenvalue weighted by atomic mass is 10.3. The molecule has 7 heteroatoms. The number of likely N-dealkylation sites (tertiary alicyclic amines) is 1. The Morgan fingerprint density at radius 3 is 2.47 bits per heavy atom. The van der Waals surface area contributed by atoms with Gasteiger partial charge in [0.1, 0.15) is 5.69 Å². The zero-order valence-corrected chi connectivity index (χ0v) is 7.69. The average Bonchev–Trinajstić information content (AvgIpc) is 2.73. The summed E-state index contributed by atoms with van der Waals surface area (Å²) in [6, 6.07) is 0. The van der Waals surface area contributed by atoms with Crippen LogP contribution in [0.15, 0.2) is 6.33 Å². The first-order valence-corrected chi connectivity index (χ1v) is 4.30. The highest BCUT2D eigenvalue weighted by molar-refractivity contribution is 6.20. The molecule has 1 aromatic heterocycles. The highest BCUT2D eigenvalue weighted by Crippen LogP contribution is 2.16. The monoisotopic (exact) mass is 208 g/mol. The molecular formula is C8H8N4O3. The van der Waals surface area contributed by atoms with Crippen molar-refractivity contribution in [1.82, 2.24) is 14.9 Å². The topological polar surface area (TPSA) is 109 Å². The van der Waals surface area contributed by atoms with Crippen molar-refractivity contribution in [3.05, 3.63) is 12.0 Å². The van der Waals surface area contributed by atoms with Crippen molar-refractivity contribution in [1.29, 1.82) is 0 Å². The molecule has 0 atom stereocenters. The molecule has 1 fully saturated rings. The molecule has 0 aliphatic carbocycles. The van der Waals surface area contributed by atoms with Crippen molar-refractivity contribution in [2.75, 3.05) is 5.73 Å². The highest BCUT2D eigenvalue weighted by Gasteiger charge is 2.36. The molecule has 1 aliphatic heterocycles. The van der Waals surface area contributed by atoms with Crippen molar-refractivity contribution in [3.63, 3.8) is 0 Å². The van der Waals surface area contributed by atoms with Crippen molar-refractivity contribution >= 4 is 23.5 Å². The molecule has 0 radical (unpaired) electrons. The van der Waals surface area contributed by atoms with Gasteiger partial charge in [-0.05, 0) is 0 Å². The van der Waals surface area contributed by atoms with Crippen LogP contribution in [0.3, 0.4) is 0 Å². The number of hydrogen-bond acceptors (Lipinski definition) is 5. The molecule has 0 saturated carbocycles. The first-order valence-electron chi connectivity index (χ1n) is 4.30.